The predicted octanol–water partition coefficient (Wildman–Crippen LogP) is 3.09. The van der Waals surface area contributed by atoms with Crippen LogP contribution in [0.15, 0.2) is 54.6 Å². The molecule has 0 fully saturated rings. The van der Waals surface area contributed by atoms with Crippen molar-refractivity contribution in [3.05, 3.63) is 65.9 Å². The third-order valence-corrected chi connectivity index (χ3v) is 3.95. The second-order valence-electron chi connectivity index (χ2n) is 5.96. The molecule has 0 amide bonds. The number of rotatable bonds is 10. The second-order valence-corrected chi connectivity index (χ2v) is 5.96. The highest BCUT2D eigenvalue weighted by atomic mass is 16.5. The van der Waals surface area contributed by atoms with Crippen molar-refractivity contribution < 1.29 is 19.4 Å². The molecule has 136 valence electrons. The second kappa shape index (κ2) is 9.12. The maximum absolute atomic E-state index is 10.4. The molecule has 2 aromatic carbocycles. The molecule has 1 aromatic heterocycles. The van der Waals surface area contributed by atoms with Crippen LogP contribution in [0.1, 0.15) is 17.7 Å². The molecule has 0 atom stereocenters. The van der Waals surface area contributed by atoms with Crippen LogP contribution in [0.4, 0.5) is 0 Å². The van der Waals surface area contributed by atoms with Gasteiger partial charge in [-0.3, -0.25) is 4.68 Å². The summed E-state index contributed by atoms with van der Waals surface area (Å²) in [6.07, 6.45) is 0.649. The molecule has 0 saturated carbocycles. The molecule has 1 heterocycles. The van der Waals surface area contributed by atoms with Gasteiger partial charge in [-0.15, -0.1) is 0 Å². The van der Waals surface area contributed by atoms with Gasteiger partial charge in [-0.05, 0) is 18.1 Å². The van der Waals surface area contributed by atoms with E-state index in [1.165, 1.54) is 5.56 Å². The number of aliphatic carboxylic acids is 1. The van der Waals surface area contributed by atoms with Crippen LogP contribution in [0.3, 0.4) is 0 Å². The van der Waals surface area contributed by atoms with Gasteiger partial charge < -0.3 is 14.6 Å². The van der Waals surface area contributed by atoms with Crippen molar-refractivity contribution in [2.24, 2.45) is 0 Å². The maximum Gasteiger partial charge on any atom is 0.329 e. The number of hydrogen-bond acceptors (Lipinski definition) is 4. The average molecular weight is 354 g/mol. The van der Waals surface area contributed by atoms with Crippen LogP contribution in [-0.2, 0) is 27.4 Å². The van der Waals surface area contributed by atoms with Gasteiger partial charge in [0, 0.05) is 18.6 Å². The number of fused-ring (bicyclic) bond motifs is 1. The molecule has 0 spiro atoms. The molecular weight excluding hydrogens is 332 g/mol. The molecule has 0 radical (unpaired) electrons. The van der Waals surface area contributed by atoms with Gasteiger partial charge in [0.1, 0.15) is 6.61 Å². The van der Waals surface area contributed by atoms with Gasteiger partial charge in [-0.2, -0.15) is 5.10 Å². The summed E-state index contributed by atoms with van der Waals surface area (Å²) in [5.74, 6) is -0.957. The van der Waals surface area contributed by atoms with Crippen molar-refractivity contribution in [1.29, 1.82) is 0 Å². The number of aromatic nitrogens is 2. The number of ether oxygens (including phenoxy) is 2. The molecule has 1 N–H and O–H groups in total. The summed E-state index contributed by atoms with van der Waals surface area (Å²) >= 11 is 0. The minimum Gasteiger partial charge on any atom is -0.480 e. The Morgan fingerprint density at radius 3 is 2.54 bits per heavy atom. The predicted molar refractivity (Wildman–Crippen MR) is 98.0 cm³/mol. The molecule has 26 heavy (non-hydrogen) atoms. The monoisotopic (exact) mass is 354 g/mol. The van der Waals surface area contributed by atoms with Crippen molar-refractivity contribution >= 4 is 16.9 Å². The van der Waals surface area contributed by atoms with Gasteiger partial charge in [0.05, 0.1) is 24.4 Å². The summed E-state index contributed by atoms with van der Waals surface area (Å²) in [4.78, 5) is 10.4. The maximum atomic E-state index is 10.4. The van der Waals surface area contributed by atoms with Crippen LogP contribution in [0.25, 0.3) is 10.9 Å². The fourth-order valence-corrected chi connectivity index (χ4v) is 2.77. The van der Waals surface area contributed by atoms with Crippen molar-refractivity contribution in [2.75, 3.05) is 19.8 Å². The van der Waals surface area contributed by atoms with Gasteiger partial charge >= 0.3 is 5.97 Å². The van der Waals surface area contributed by atoms with Crippen LogP contribution in [0.2, 0.25) is 0 Å². The Bertz CT molecular complexity index is 845. The number of carboxylic acid groups (broad SMARTS) is 1. The lowest BCUT2D eigenvalue weighted by Gasteiger charge is -2.04. The van der Waals surface area contributed by atoms with E-state index in [0.29, 0.717) is 32.8 Å². The third-order valence-electron chi connectivity index (χ3n) is 3.95. The lowest BCUT2D eigenvalue weighted by Crippen LogP contribution is -2.09. The van der Waals surface area contributed by atoms with Gasteiger partial charge in [-0.1, -0.05) is 48.5 Å². The Morgan fingerprint density at radius 2 is 1.73 bits per heavy atom. The van der Waals surface area contributed by atoms with E-state index in [0.717, 1.165) is 16.6 Å². The number of para-hydroxylation sites is 1. The average Bonchev–Trinajstić information content (AvgIpc) is 2.99. The van der Waals surface area contributed by atoms with E-state index < -0.39 is 5.97 Å². The Hall–Kier alpha value is -2.70. The highest BCUT2D eigenvalue weighted by molar-refractivity contribution is 5.81. The largest absolute Gasteiger partial charge is 0.480 e. The topological polar surface area (TPSA) is 73.6 Å². The van der Waals surface area contributed by atoms with Gasteiger partial charge in [0.25, 0.3) is 0 Å². The summed E-state index contributed by atoms with van der Waals surface area (Å²) in [6, 6.07) is 18.4. The van der Waals surface area contributed by atoms with E-state index >= 15 is 0 Å². The fraction of sp³-hybridized carbons (Fsp3) is 0.300. The Kier molecular flexibility index (Phi) is 6.35. The van der Waals surface area contributed by atoms with E-state index in [1.54, 1.807) is 0 Å². The first-order valence-corrected chi connectivity index (χ1v) is 8.59. The molecule has 0 aliphatic carbocycles. The molecule has 0 unspecified atom stereocenters. The minimum absolute atomic E-state index is 0.269. The molecule has 6 nitrogen and oxygen atoms in total. The molecule has 0 aliphatic rings. The van der Waals surface area contributed by atoms with E-state index in [4.69, 9.17) is 19.7 Å². The van der Waals surface area contributed by atoms with Gasteiger partial charge in [0.2, 0.25) is 0 Å². The molecule has 3 aromatic rings. The molecular formula is C20H22N2O4. The van der Waals surface area contributed by atoms with Crippen molar-refractivity contribution in [2.45, 2.75) is 19.6 Å². The first-order chi connectivity index (χ1) is 12.7. The highest BCUT2D eigenvalue weighted by Gasteiger charge is 2.10. The lowest BCUT2D eigenvalue weighted by molar-refractivity contribution is -0.142. The van der Waals surface area contributed by atoms with Gasteiger partial charge in [-0.25, -0.2) is 4.79 Å². The summed E-state index contributed by atoms with van der Waals surface area (Å²) < 4.78 is 12.7. The first-order valence-electron chi connectivity index (χ1n) is 8.59. The van der Waals surface area contributed by atoms with Crippen molar-refractivity contribution in [3.8, 4) is 0 Å². The van der Waals surface area contributed by atoms with E-state index in [9.17, 15) is 4.79 Å². The number of nitrogens with zero attached hydrogens (tertiary/aromatic N) is 2. The quantitative estimate of drug-likeness (QED) is 0.566. The summed E-state index contributed by atoms with van der Waals surface area (Å²) in [5, 5.41) is 14.3. The van der Waals surface area contributed by atoms with Crippen molar-refractivity contribution in [1.82, 2.24) is 9.78 Å². The van der Waals surface area contributed by atoms with Crippen LogP contribution >= 0.6 is 0 Å². The normalized spacial score (nSPS) is 11.1. The Balaban J connectivity index is 1.59. The molecule has 0 aliphatic heterocycles. The molecule has 3 rings (SSSR count). The standard InChI is InChI=1S/C20H22N2O4/c23-20(24)15-26-12-6-11-25-14-18-17-9-4-5-10-19(17)22(21-18)13-16-7-2-1-3-8-16/h1-5,7-10H,6,11-15H2,(H,23,24). The van der Waals surface area contributed by atoms with Crippen LogP contribution in [-0.4, -0.2) is 40.7 Å². The highest BCUT2D eigenvalue weighted by Crippen LogP contribution is 2.20. The van der Waals surface area contributed by atoms with E-state index in [-0.39, 0.29) is 6.61 Å². The Labute approximate surface area is 152 Å². The number of carboxylic acids is 1. The number of carbonyl (C=O) groups is 1. The van der Waals surface area contributed by atoms with Crippen molar-refractivity contribution in [3.63, 3.8) is 0 Å². The van der Waals surface area contributed by atoms with Crippen LogP contribution in [0, 0.1) is 0 Å². The third kappa shape index (κ3) is 4.91. The lowest BCUT2D eigenvalue weighted by atomic mass is 10.2. The zero-order chi connectivity index (χ0) is 18.2. The van der Waals surface area contributed by atoms with E-state index in [1.807, 2.05) is 35.0 Å². The smallest absolute Gasteiger partial charge is 0.329 e. The summed E-state index contributed by atoms with van der Waals surface area (Å²) in [7, 11) is 0. The molecule has 0 saturated heterocycles. The SMILES string of the molecule is O=C(O)COCCCOCc1nn(Cc2ccccc2)c2ccccc12. The molecule has 0 bridgehead atoms. The van der Waals surface area contributed by atoms with Crippen LogP contribution in [0.5, 0.6) is 0 Å². The van der Waals surface area contributed by atoms with Crippen LogP contribution < -0.4 is 0 Å². The number of hydrogen-bond donors (Lipinski definition) is 1. The fourth-order valence-electron chi connectivity index (χ4n) is 2.77. The molecule has 6 heteroatoms. The minimum atomic E-state index is -0.957. The number of benzene rings is 2. The summed E-state index contributed by atoms with van der Waals surface area (Å²) in [6.45, 7) is 1.73. The van der Waals surface area contributed by atoms with E-state index in [2.05, 4.69) is 24.3 Å². The summed E-state index contributed by atoms with van der Waals surface area (Å²) in [5.41, 5.74) is 3.19. The zero-order valence-electron chi connectivity index (χ0n) is 14.5. The van der Waals surface area contributed by atoms with Gasteiger partial charge in [0.15, 0.2) is 0 Å². The Morgan fingerprint density at radius 1 is 1.00 bits per heavy atom. The first kappa shape index (κ1) is 18.1. The zero-order valence-corrected chi connectivity index (χ0v) is 14.5.